The minimum absolute atomic E-state index is 0. The third-order valence-corrected chi connectivity index (χ3v) is 14.8. The second-order valence-electron chi connectivity index (χ2n) is 17.8. The summed E-state index contributed by atoms with van der Waals surface area (Å²) in [6.07, 6.45) is 2.78. The molecule has 0 aromatic rings. The minimum atomic E-state index is -3.00. The van der Waals surface area contributed by atoms with Crippen LogP contribution in [0, 0.1) is 47.3 Å². The van der Waals surface area contributed by atoms with Crippen LogP contribution in [-0.2, 0) is 14.8 Å². The minimum Gasteiger partial charge on any atom is -0.342 e. The van der Waals surface area contributed by atoms with Crippen molar-refractivity contribution in [2.45, 2.75) is 97.4 Å². The number of nitrogens with one attached hydrogen (secondary N) is 1. The molecular formula is C46H101ClN8O3S. The fraction of sp³-hybridized carbons (Fsp3) is 0.978. The maximum absolute atomic E-state index is 11.5. The van der Waals surface area contributed by atoms with Crippen molar-refractivity contribution in [3.05, 3.63) is 0 Å². The average molecular weight is 882 g/mol. The number of alkyl halides is 1. The van der Waals surface area contributed by atoms with Gasteiger partial charge in [-0.1, -0.05) is 90.5 Å². The van der Waals surface area contributed by atoms with E-state index in [2.05, 4.69) is 132 Å². The number of hydrogen-bond donors (Lipinski definition) is 1. The zero-order valence-electron chi connectivity index (χ0n) is 40.9. The molecule has 0 aromatic heterocycles. The highest BCUT2D eigenvalue weighted by Crippen LogP contribution is 2.26. The van der Waals surface area contributed by atoms with E-state index in [4.69, 9.17) is 0 Å². The van der Waals surface area contributed by atoms with E-state index in [9.17, 15) is 13.2 Å². The molecule has 0 aliphatic carbocycles. The van der Waals surface area contributed by atoms with Gasteiger partial charge < -0.3 is 34.7 Å². The van der Waals surface area contributed by atoms with Crippen LogP contribution in [0.15, 0.2) is 0 Å². The highest BCUT2D eigenvalue weighted by atomic mass is 35.5. The molecule has 0 aromatic carbocycles. The van der Waals surface area contributed by atoms with Gasteiger partial charge in [0.2, 0.25) is 15.9 Å². The Balaban J connectivity index is 0. The van der Waals surface area contributed by atoms with Crippen molar-refractivity contribution in [3.63, 3.8) is 0 Å². The van der Waals surface area contributed by atoms with Crippen molar-refractivity contribution in [1.82, 2.24) is 39.0 Å². The summed E-state index contributed by atoms with van der Waals surface area (Å²) in [4.78, 5) is 25.6. The molecule has 8 unspecified atom stereocenters. The van der Waals surface area contributed by atoms with Gasteiger partial charge in [-0.15, -0.1) is 11.6 Å². The van der Waals surface area contributed by atoms with Crippen LogP contribution in [0.4, 0.5) is 0 Å². The second-order valence-corrected chi connectivity index (χ2v) is 19.8. The second kappa shape index (κ2) is 33.0. The van der Waals surface area contributed by atoms with Crippen LogP contribution in [0.1, 0.15) is 97.4 Å². The zero-order chi connectivity index (χ0) is 44.6. The molecule has 4 aliphatic rings. The monoisotopic (exact) mass is 881 g/mol. The predicted molar refractivity (Wildman–Crippen MR) is 259 cm³/mol. The number of rotatable bonds is 17. The average Bonchev–Trinajstić information content (AvgIpc) is 3.98. The zero-order valence-corrected chi connectivity index (χ0v) is 42.5. The lowest BCUT2D eigenvalue weighted by molar-refractivity contribution is -0.128. The first-order chi connectivity index (χ1) is 27.4. The molecule has 4 saturated heterocycles. The van der Waals surface area contributed by atoms with Gasteiger partial charge in [0.05, 0.1) is 6.26 Å². The number of hydrogen-bond acceptors (Lipinski definition) is 9. The summed E-state index contributed by atoms with van der Waals surface area (Å²) in [7, 11) is -0.768. The summed E-state index contributed by atoms with van der Waals surface area (Å²) in [5.74, 6) is 6.00. The summed E-state index contributed by atoms with van der Waals surface area (Å²) in [6, 6.07) is 0. The molecular weight excluding hydrogens is 780 g/mol. The summed E-state index contributed by atoms with van der Waals surface area (Å²) in [5, 5.41) is 3.45. The Morgan fingerprint density at radius 3 is 1.20 bits per heavy atom. The molecule has 0 bridgehead atoms. The van der Waals surface area contributed by atoms with E-state index < -0.39 is 10.0 Å². The van der Waals surface area contributed by atoms with Gasteiger partial charge in [-0.2, -0.15) is 0 Å². The van der Waals surface area contributed by atoms with Crippen LogP contribution in [-0.4, -0.2) is 199 Å². The summed E-state index contributed by atoms with van der Waals surface area (Å²) >= 11 is 4.64. The van der Waals surface area contributed by atoms with Gasteiger partial charge in [0.15, 0.2) is 0 Å². The van der Waals surface area contributed by atoms with Crippen LogP contribution in [0.25, 0.3) is 0 Å². The number of sulfonamides is 1. The first-order valence-corrected chi connectivity index (χ1v) is 25.9. The Labute approximate surface area is 373 Å². The van der Waals surface area contributed by atoms with E-state index in [1.165, 1.54) is 78.1 Å². The molecule has 4 fully saturated rings. The Hall–Kier alpha value is -0.570. The highest BCUT2D eigenvalue weighted by molar-refractivity contribution is 7.88. The first-order valence-electron chi connectivity index (χ1n) is 23.3. The molecule has 4 rings (SSSR count). The van der Waals surface area contributed by atoms with E-state index in [-0.39, 0.29) is 13.3 Å². The third kappa shape index (κ3) is 23.1. The van der Waals surface area contributed by atoms with E-state index in [0.29, 0.717) is 36.8 Å². The number of nitrogens with zero attached hydrogens (tertiary/aromatic N) is 7. The molecule has 59 heavy (non-hydrogen) atoms. The maximum atomic E-state index is 11.5. The molecule has 1 amide bonds. The van der Waals surface area contributed by atoms with Crippen LogP contribution in [0.5, 0.6) is 0 Å². The lowest BCUT2D eigenvalue weighted by Gasteiger charge is -2.24. The molecule has 0 spiro atoms. The Bertz CT molecular complexity index is 1140. The van der Waals surface area contributed by atoms with E-state index in [1.54, 1.807) is 11.2 Å². The molecule has 4 aliphatic heterocycles. The lowest BCUT2D eigenvalue weighted by Crippen LogP contribution is -2.33. The molecule has 0 radical (unpaired) electrons. The van der Waals surface area contributed by atoms with Gasteiger partial charge in [0.25, 0.3) is 0 Å². The third-order valence-electron chi connectivity index (χ3n) is 13.6. The van der Waals surface area contributed by atoms with Gasteiger partial charge in [-0.05, 0) is 120 Å². The van der Waals surface area contributed by atoms with Gasteiger partial charge in [0.1, 0.15) is 0 Å². The number of carbonyl (C=O) groups is 1. The van der Waals surface area contributed by atoms with Crippen LogP contribution in [0.3, 0.4) is 0 Å². The Morgan fingerprint density at radius 2 is 0.915 bits per heavy atom. The fourth-order valence-electron chi connectivity index (χ4n) is 8.92. The Morgan fingerprint density at radius 1 is 0.559 bits per heavy atom. The van der Waals surface area contributed by atoms with E-state index in [1.807, 2.05) is 4.90 Å². The molecule has 8 atom stereocenters. The number of likely N-dealkylation sites (tertiary alicyclic amines) is 2. The SMILES string of the molecule is C.CCN(CC)CC1CN(C(C)=O)CC1C.CCN(CC)CC1CN(C)CC1C.CCN(CC)CC1CN(S(C)(=O)=O)CC1C.CCN(CC)CC1CNCC1C.CCl. The molecule has 4 heterocycles. The molecule has 356 valence electrons. The van der Waals surface area contributed by atoms with E-state index in [0.717, 1.165) is 76.0 Å². The van der Waals surface area contributed by atoms with Crippen molar-refractivity contribution in [2.75, 3.05) is 151 Å². The molecule has 13 heteroatoms. The predicted octanol–water partition coefficient (Wildman–Crippen LogP) is 6.50. The maximum Gasteiger partial charge on any atom is 0.219 e. The summed E-state index contributed by atoms with van der Waals surface area (Å²) in [5.41, 5.74) is 0. The molecule has 11 nitrogen and oxygen atoms in total. The highest BCUT2D eigenvalue weighted by Gasteiger charge is 2.35. The van der Waals surface area contributed by atoms with Crippen LogP contribution in [0.2, 0.25) is 0 Å². The number of halogens is 1. The van der Waals surface area contributed by atoms with E-state index >= 15 is 0 Å². The van der Waals surface area contributed by atoms with Crippen molar-refractivity contribution >= 4 is 27.5 Å². The number of amides is 1. The normalized spacial score (nSPS) is 27.1. The van der Waals surface area contributed by atoms with Gasteiger partial charge in [-0.3, -0.25) is 4.79 Å². The number of carbonyl (C=O) groups excluding carboxylic acids is 1. The quantitative estimate of drug-likeness (QED) is 0.165. The van der Waals surface area contributed by atoms with Crippen molar-refractivity contribution in [2.24, 2.45) is 47.3 Å². The molecule has 1 N–H and O–H groups in total. The largest absolute Gasteiger partial charge is 0.342 e. The van der Waals surface area contributed by atoms with Gasteiger partial charge in [0, 0.05) is 78.8 Å². The van der Waals surface area contributed by atoms with Crippen molar-refractivity contribution < 1.29 is 13.2 Å². The summed E-state index contributed by atoms with van der Waals surface area (Å²) in [6.45, 7) is 50.6. The summed E-state index contributed by atoms with van der Waals surface area (Å²) < 4.78 is 24.5. The Kier molecular flexibility index (Phi) is 33.9. The topological polar surface area (TPSA) is 85.9 Å². The van der Waals surface area contributed by atoms with Crippen molar-refractivity contribution in [3.8, 4) is 0 Å². The standard InChI is InChI=1S/C12H24N2O.C11H24N2O2S.C11H24N2.C10H22N2.CH3Cl.CH4/c1-5-13(6-2)8-12-9-14(11(4)15)7-10(12)3;1-5-12(6-2)8-11-9-13(7-10(11)3)16(4,14)15;1-5-13(6-2)9-11-8-12(4)7-10(11)3;1-4-12(5-2)8-10-7-11-6-9(10)3;1-2;/h10,12H,5-9H2,1-4H3;10-11H,5-9H2,1-4H3;10-11H,5-9H2,1-4H3;9-11H,4-8H2,1-3H3;1H3;1H4. The van der Waals surface area contributed by atoms with Gasteiger partial charge in [-0.25, -0.2) is 12.7 Å². The first kappa shape index (κ1) is 60.5. The van der Waals surface area contributed by atoms with Crippen LogP contribution < -0.4 is 5.32 Å². The van der Waals surface area contributed by atoms with Gasteiger partial charge >= 0.3 is 0 Å². The fourth-order valence-corrected chi connectivity index (χ4v) is 9.89. The lowest BCUT2D eigenvalue weighted by atomic mass is 9.98. The van der Waals surface area contributed by atoms with Crippen LogP contribution >= 0.6 is 11.6 Å². The van der Waals surface area contributed by atoms with Crippen molar-refractivity contribution in [1.29, 1.82) is 0 Å². The smallest absolute Gasteiger partial charge is 0.219 e. The molecule has 0 saturated carbocycles.